The number of aryl methyl sites for hydroxylation is 1. The van der Waals surface area contributed by atoms with Crippen molar-refractivity contribution in [2.75, 3.05) is 6.61 Å². The summed E-state index contributed by atoms with van der Waals surface area (Å²) < 4.78 is 81.1. The maximum Gasteiger partial charge on any atom is 0.429 e. The number of alkyl halides is 2. The van der Waals surface area contributed by atoms with Crippen LogP contribution in [0.25, 0.3) is 0 Å². The van der Waals surface area contributed by atoms with E-state index in [9.17, 15) is 22.0 Å². The quantitative estimate of drug-likeness (QED) is 0.443. The monoisotopic (exact) mass is 428 g/mol. The Morgan fingerprint density at radius 2 is 1.67 bits per heavy atom. The Labute approximate surface area is 173 Å². The standard InChI is InChI=1S/C23H25F5O2/c1-3-12-29-17-8-5-15(6-9-17)16-7-11-20(19(24)13-16)30-23(27,28)18-10-4-14(2)21(25)22(18)26/h4,7,10-11,13,15,17H,3,5-6,8-9,12H2,1-2H3. The molecule has 0 N–H and O–H groups in total. The smallest absolute Gasteiger partial charge is 0.426 e. The van der Waals surface area contributed by atoms with Gasteiger partial charge in [0.15, 0.2) is 23.2 Å². The van der Waals surface area contributed by atoms with E-state index >= 15 is 0 Å². The van der Waals surface area contributed by atoms with Crippen LogP contribution >= 0.6 is 0 Å². The maximum atomic E-state index is 14.5. The molecule has 2 aromatic rings. The Morgan fingerprint density at radius 3 is 2.30 bits per heavy atom. The first-order chi connectivity index (χ1) is 14.2. The molecular weight excluding hydrogens is 403 g/mol. The predicted octanol–water partition coefficient (Wildman–Crippen LogP) is 6.99. The third-order valence-corrected chi connectivity index (χ3v) is 5.49. The molecule has 1 saturated carbocycles. The number of ether oxygens (including phenoxy) is 2. The van der Waals surface area contributed by atoms with E-state index in [1.165, 1.54) is 13.0 Å². The van der Waals surface area contributed by atoms with Gasteiger partial charge in [0.25, 0.3) is 0 Å². The van der Waals surface area contributed by atoms with Gasteiger partial charge >= 0.3 is 6.11 Å². The van der Waals surface area contributed by atoms with Crippen molar-refractivity contribution >= 4 is 0 Å². The zero-order valence-electron chi connectivity index (χ0n) is 17.0. The fourth-order valence-electron chi connectivity index (χ4n) is 3.76. The van der Waals surface area contributed by atoms with E-state index in [1.54, 1.807) is 6.07 Å². The van der Waals surface area contributed by atoms with Crippen molar-refractivity contribution in [1.29, 1.82) is 0 Å². The summed E-state index contributed by atoms with van der Waals surface area (Å²) in [6.45, 7) is 4.02. The molecule has 1 aliphatic rings. The minimum atomic E-state index is -4.23. The van der Waals surface area contributed by atoms with E-state index in [0.29, 0.717) is 5.56 Å². The van der Waals surface area contributed by atoms with Crippen molar-refractivity contribution in [2.24, 2.45) is 0 Å². The Kier molecular flexibility index (Phi) is 7.01. The molecule has 0 spiro atoms. The van der Waals surface area contributed by atoms with Gasteiger partial charge < -0.3 is 9.47 Å². The highest BCUT2D eigenvalue weighted by molar-refractivity contribution is 5.34. The summed E-state index contributed by atoms with van der Waals surface area (Å²) in [5.41, 5.74) is -0.693. The van der Waals surface area contributed by atoms with Gasteiger partial charge in [0.05, 0.1) is 6.10 Å². The number of benzene rings is 2. The lowest BCUT2D eigenvalue weighted by molar-refractivity contribution is -0.189. The molecule has 0 bridgehead atoms. The molecule has 0 unspecified atom stereocenters. The molecule has 1 fully saturated rings. The first-order valence-electron chi connectivity index (χ1n) is 10.2. The van der Waals surface area contributed by atoms with Crippen LogP contribution in [-0.4, -0.2) is 12.7 Å². The molecule has 2 nitrogen and oxygen atoms in total. The van der Waals surface area contributed by atoms with Gasteiger partial charge in [-0.3, -0.25) is 0 Å². The first-order valence-corrected chi connectivity index (χ1v) is 10.2. The second kappa shape index (κ2) is 9.33. The summed E-state index contributed by atoms with van der Waals surface area (Å²) in [6.07, 6.45) is 0.293. The molecule has 2 aromatic carbocycles. The summed E-state index contributed by atoms with van der Waals surface area (Å²) in [6, 6.07) is 5.58. The molecule has 1 aliphatic carbocycles. The number of halogens is 5. The maximum absolute atomic E-state index is 14.5. The summed E-state index contributed by atoms with van der Waals surface area (Å²) >= 11 is 0. The molecule has 30 heavy (non-hydrogen) atoms. The van der Waals surface area contributed by atoms with Crippen molar-refractivity contribution in [3.63, 3.8) is 0 Å². The van der Waals surface area contributed by atoms with Gasteiger partial charge in [-0.15, -0.1) is 0 Å². The van der Waals surface area contributed by atoms with E-state index < -0.39 is 34.9 Å². The second-order valence-corrected chi connectivity index (χ2v) is 7.71. The molecule has 0 heterocycles. The number of hydrogen-bond donors (Lipinski definition) is 0. The molecule has 0 atom stereocenters. The summed E-state index contributed by atoms with van der Waals surface area (Å²) in [5.74, 6) is -4.67. The zero-order valence-corrected chi connectivity index (χ0v) is 17.0. The molecule has 0 radical (unpaired) electrons. The highest BCUT2D eigenvalue weighted by Gasteiger charge is 2.40. The molecule has 0 aliphatic heterocycles. The van der Waals surface area contributed by atoms with Crippen LogP contribution in [0.1, 0.15) is 61.6 Å². The highest BCUT2D eigenvalue weighted by Crippen LogP contribution is 2.38. The topological polar surface area (TPSA) is 18.5 Å². The lowest BCUT2D eigenvalue weighted by Gasteiger charge is -2.29. The molecule has 3 rings (SSSR count). The van der Waals surface area contributed by atoms with Crippen molar-refractivity contribution in [2.45, 2.75) is 64.1 Å². The Morgan fingerprint density at radius 1 is 0.967 bits per heavy atom. The largest absolute Gasteiger partial charge is 0.429 e. The van der Waals surface area contributed by atoms with Crippen LogP contribution in [0.4, 0.5) is 22.0 Å². The summed E-state index contributed by atoms with van der Waals surface area (Å²) in [7, 11) is 0. The third-order valence-electron chi connectivity index (χ3n) is 5.49. The van der Waals surface area contributed by atoms with Crippen LogP contribution in [0.2, 0.25) is 0 Å². The van der Waals surface area contributed by atoms with Crippen molar-refractivity contribution in [1.82, 2.24) is 0 Å². The predicted molar refractivity (Wildman–Crippen MR) is 103 cm³/mol. The summed E-state index contributed by atoms with van der Waals surface area (Å²) in [5, 5.41) is 0. The zero-order chi connectivity index (χ0) is 21.9. The molecule has 0 saturated heterocycles. The van der Waals surface area contributed by atoms with Crippen LogP contribution in [0.3, 0.4) is 0 Å². The molecule has 7 heteroatoms. The normalized spacial score (nSPS) is 19.7. The van der Waals surface area contributed by atoms with Gasteiger partial charge in [0.1, 0.15) is 5.56 Å². The molecule has 0 amide bonds. The molecule has 0 aromatic heterocycles. The average Bonchev–Trinajstić information content (AvgIpc) is 2.72. The fraction of sp³-hybridized carbons (Fsp3) is 0.478. The van der Waals surface area contributed by atoms with Crippen molar-refractivity contribution < 1.29 is 31.4 Å². The van der Waals surface area contributed by atoms with Gasteiger partial charge in [-0.25, -0.2) is 13.2 Å². The summed E-state index contributed by atoms with van der Waals surface area (Å²) in [4.78, 5) is 0. The Balaban J connectivity index is 1.71. The van der Waals surface area contributed by atoms with E-state index in [4.69, 9.17) is 4.74 Å². The van der Waals surface area contributed by atoms with Crippen LogP contribution < -0.4 is 4.74 Å². The van der Waals surface area contributed by atoms with E-state index in [2.05, 4.69) is 4.74 Å². The van der Waals surface area contributed by atoms with Gasteiger partial charge in [-0.1, -0.05) is 19.1 Å². The van der Waals surface area contributed by atoms with Gasteiger partial charge in [-0.2, -0.15) is 8.78 Å². The average molecular weight is 428 g/mol. The van der Waals surface area contributed by atoms with Crippen LogP contribution in [0, 0.1) is 24.4 Å². The van der Waals surface area contributed by atoms with Gasteiger partial charge in [0.2, 0.25) is 0 Å². The van der Waals surface area contributed by atoms with Crippen molar-refractivity contribution in [3.8, 4) is 5.75 Å². The van der Waals surface area contributed by atoms with Crippen LogP contribution in [-0.2, 0) is 10.8 Å². The van der Waals surface area contributed by atoms with Gasteiger partial charge in [-0.05, 0) is 74.3 Å². The Hall–Kier alpha value is -2.15. The fourth-order valence-corrected chi connectivity index (χ4v) is 3.76. The molecular formula is C23H25F5O2. The van der Waals surface area contributed by atoms with E-state index in [0.717, 1.165) is 56.9 Å². The molecule has 164 valence electrons. The lowest BCUT2D eigenvalue weighted by Crippen LogP contribution is -2.25. The minimum absolute atomic E-state index is 0.110. The number of hydrogen-bond acceptors (Lipinski definition) is 2. The van der Waals surface area contributed by atoms with Crippen molar-refractivity contribution in [3.05, 3.63) is 64.5 Å². The van der Waals surface area contributed by atoms with Crippen LogP contribution in [0.15, 0.2) is 30.3 Å². The number of rotatable bonds is 7. The lowest BCUT2D eigenvalue weighted by atomic mass is 9.82. The SMILES string of the molecule is CCCOC1CCC(c2ccc(OC(F)(F)c3ccc(C)c(F)c3F)c(F)c2)CC1. The van der Waals surface area contributed by atoms with Gasteiger partial charge in [0, 0.05) is 6.61 Å². The first kappa shape index (κ1) is 22.5. The van der Waals surface area contributed by atoms with E-state index in [-0.39, 0.29) is 17.6 Å². The minimum Gasteiger partial charge on any atom is -0.426 e. The van der Waals surface area contributed by atoms with E-state index in [1.807, 2.05) is 6.92 Å². The second-order valence-electron chi connectivity index (χ2n) is 7.71. The van der Waals surface area contributed by atoms with Crippen LogP contribution in [0.5, 0.6) is 5.75 Å². The highest BCUT2D eigenvalue weighted by atomic mass is 19.3. The Bertz CT molecular complexity index is 876. The third kappa shape index (κ3) is 4.94.